The molecule has 0 spiro atoms. The average Bonchev–Trinajstić information content (AvgIpc) is 2.65. The van der Waals surface area contributed by atoms with Gasteiger partial charge in [0.05, 0.1) is 5.56 Å². The van der Waals surface area contributed by atoms with Crippen molar-refractivity contribution < 1.29 is 23.9 Å². The number of nitrogens with two attached hydrogens (primary N) is 1. The minimum Gasteiger partial charge on any atom is -0.489 e. The highest BCUT2D eigenvalue weighted by Crippen LogP contribution is 2.24. The fraction of sp³-hybridized carbons (Fsp3) is 0.318. The molecule has 0 bridgehead atoms. The number of imide groups is 1. The molecule has 0 unspecified atom stereocenters. The van der Waals surface area contributed by atoms with E-state index in [1.54, 1.807) is 24.3 Å². The summed E-state index contributed by atoms with van der Waals surface area (Å²) in [5.41, 5.74) is 7.33. The Morgan fingerprint density at radius 1 is 1.00 bits per heavy atom. The number of nitrogens with one attached hydrogen (secondary N) is 1. The number of urea groups is 1. The van der Waals surface area contributed by atoms with Gasteiger partial charge in [-0.25, -0.2) is 9.59 Å². The maximum atomic E-state index is 12.1. The van der Waals surface area contributed by atoms with Crippen LogP contribution in [0.1, 0.15) is 49.2 Å². The van der Waals surface area contributed by atoms with E-state index in [1.165, 1.54) is 12.5 Å². The molecular weight excluding hydrogens is 372 g/mol. The summed E-state index contributed by atoms with van der Waals surface area (Å²) >= 11 is 0. The quantitative estimate of drug-likeness (QED) is 0.726. The Hall–Kier alpha value is -3.35. The van der Waals surface area contributed by atoms with Gasteiger partial charge in [0.1, 0.15) is 12.4 Å². The van der Waals surface area contributed by atoms with Crippen LogP contribution < -0.4 is 15.8 Å². The van der Waals surface area contributed by atoms with Gasteiger partial charge >= 0.3 is 12.0 Å². The molecule has 29 heavy (non-hydrogen) atoms. The number of amides is 3. The molecule has 3 amide bonds. The van der Waals surface area contributed by atoms with Gasteiger partial charge in [-0.1, -0.05) is 45.0 Å². The van der Waals surface area contributed by atoms with Crippen molar-refractivity contribution in [1.82, 2.24) is 5.32 Å². The lowest BCUT2D eigenvalue weighted by atomic mass is 9.87. The molecule has 2 aromatic carbocycles. The third kappa shape index (κ3) is 6.64. The first-order valence-electron chi connectivity index (χ1n) is 9.20. The van der Waals surface area contributed by atoms with Gasteiger partial charge in [0.2, 0.25) is 0 Å². The molecule has 0 aliphatic carbocycles. The second kappa shape index (κ2) is 9.23. The minimum atomic E-state index is -1.14. The van der Waals surface area contributed by atoms with Gasteiger partial charge in [-0.3, -0.25) is 10.1 Å². The molecule has 0 heterocycles. The number of hydrogen-bond acceptors (Lipinski definition) is 5. The molecule has 1 atom stereocenters. The lowest BCUT2D eigenvalue weighted by molar-refractivity contribution is -0.127. The topological polar surface area (TPSA) is 108 Å². The summed E-state index contributed by atoms with van der Waals surface area (Å²) < 4.78 is 10.8. The summed E-state index contributed by atoms with van der Waals surface area (Å²) in [6.45, 7) is 8.16. The molecule has 0 saturated carbocycles. The van der Waals surface area contributed by atoms with Crippen LogP contribution in [0.25, 0.3) is 0 Å². The van der Waals surface area contributed by atoms with Crippen molar-refractivity contribution in [2.75, 3.05) is 0 Å². The molecule has 7 heteroatoms. The van der Waals surface area contributed by atoms with Crippen molar-refractivity contribution in [3.8, 4) is 5.75 Å². The molecule has 7 nitrogen and oxygen atoms in total. The van der Waals surface area contributed by atoms with Crippen molar-refractivity contribution in [2.45, 2.75) is 45.8 Å². The third-order valence-corrected chi connectivity index (χ3v) is 4.21. The first-order chi connectivity index (χ1) is 13.6. The third-order valence-electron chi connectivity index (χ3n) is 4.21. The van der Waals surface area contributed by atoms with Gasteiger partial charge in [0.15, 0.2) is 6.10 Å². The summed E-state index contributed by atoms with van der Waals surface area (Å²) in [7, 11) is 0. The minimum absolute atomic E-state index is 0.0843. The van der Waals surface area contributed by atoms with E-state index in [4.69, 9.17) is 15.2 Å². The maximum Gasteiger partial charge on any atom is 0.338 e. The van der Waals surface area contributed by atoms with E-state index in [2.05, 4.69) is 20.8 Å². The van der Waals surface area contributed by atoms with Gasteiger partial charge in [-0.05, 0) is 47.7 Å². The molecule has 0 fully saturated rings. The number of rotatable bonds is 6. The van der Waals surface area contributed by atoms with E-state index in [0.717, 1.165) is 11.3 Å². The van der Waals surface area contributed by atoms with E-state index in [9.17, 15) is 14.4 Å². The van der Waals surface area contributed by atoms with Crippen molar-refractivity contribution in [3.63, 3.8) is 0 Å². The van der Waals surface area contributed by atoms with Crippen molar-refractivity contribution in [1.29, 1.82) is 0 Å². The van der Waals surface area contributed by atoms with Crippen LogP contribution in [0.2, 0.25) is 0 Å². The normalized spacial score (nSPS) is 12.0. The second-order valence-electron chi connectivity index (χ2n) is 7.66. The monoisotopic (exact) mass is 398 g/mol. The highest BCUT2D eigenvalue weighted by Gasteiger charge is 2.20. The van der Waals surface area contributed by atoms with E-state index in [1.807, 2.05) is 29.6 Å². The molecule has 0 radical (unpaired) electrons. The zero-order valence-electron chi connectivity index (χ0n) is 17.0. The van der Waals surface area contributed by atoms with Crippen LogP contribution in [0, 0.1) is 0 Å². The lowest BCUT2D eigenvalue weighted by Gasteiger charge is -2.19. The Labute approximate surface area is 170 Å². The molecule has 2 rings (SSSR count). The summed E-state index contributed by atoms with van der Waals surface area (Å²) in [6, 6.07) is 13.6. The van der Waals surface area contributed by atoms with Gasteiger partial charge in [-0.2, -0.15) is 0 Å². The first kappa shape index (κ1) is 21.9. The lowest BCUT2D eigenvalue weighted by Crippen LogP contribution is -2.42. The van der Waals surface area contributed by atoms with Crippen molar-refractivity contribution in [3.05, 3.63) is 65.2 Å². The SMILES string of the molecule is C[C@H](OC(=O)c1ccc(COc2ccc(C(C)(C)C)cc2)cc1)C(=O)NC(N)=O. The van der Waals surface area contributed by atoms with Gasteiger partial charge in [-0.15, -0.1) is 0 Å². The van der Waals surface area contributed by atoms with Gasteiger partial charge in [0, 0.05) is 0 Å². The summed E-state index contributed by atoms with van der Waals surface area (Å²) in [6.07, 6.45) is -1.14. The fourth-order valence-corrected chi connectivity index (χ4v) is 2.46. The number of primary amides is 1. The standard InChI is InChI=1S/C22H26N2O5/c1-14(19(25)24-21(23)27)29-20(26)16-7-5-15(6-8-16)13-28-18-11-9-17(10-12-18)22(2,3)4/h5-12,14H,13H2,1-4H3,(H3,23,24,25,27)/t14-/m0/s1. The highest BCUT2D eigenvalue weighted by atomic mass is 16.5. The largest absolute Gasteiger partial charge is 0.489 e. The molecule has 0 aromatic heterocycles. The van der Waals surface area contributed by atoms with E-state index in [-0.39, 0.29) is 11.0 Å². The van der Waals surface area contributed by atoms with Gasteiger partial charge < -0.3 is 15.2 Å². The van der Waals surface area contributed by atoms with E-state index >= 15 is 0 Å². The molecule has 2 aromatic rings. The Bertz CT molecular complexity index is 868. The molecule has 154 valence electrons. The number of hydrogen-bond donors (Lipinski definition) is 2. The van der Waals surface area contributed by atoms with Gasteiger partial charge in [0.25, 0.3) is 5.91 Å². The molecule has 3 N–H and O–H groups in total. The van der Waals surface area contributed by atoms with E-state index in [0.29, 0.717) is 6.61 Å². The summed E-state index contributed by atoms with van der Waals surface area (Å²) in [5, 5.41) is 1.86. The predicted octanol–water partition coefficient (Wildman–Crippen LogP) is 3.30. The zero-order chi connectivity index (χ0) is 21.6. The van der Waals surface area contributed by atoms with Crippen LogP contribution in [0.5, 0.6) is 5.75 Å². The Morgan fingerprint density at radius 3 is 2.10 bits per heavy atom. The van der Waals surface area contributed by atoms with Crippen LogP contribution in [0.15, 0.2) is 48.5 Å². The predicted molar refractivity (Wildman–Crippen MR) is 109 cm³/mol. The second-order valence-corrected chi connectivity index (χ2v) is 7.66. The number of carbonyl (C=O) groups excluding carboxylic acids is 3. The Balaban J connectivity index is 1.90. The zero-order valence-corrected chi connectivity index (χ0v) is 17.0. The summed E-state index contributed by atoms with van der Waals surface area (Å²) in [4.78, 5) is 34.3. The Kier molecular flexibility index (Phi) is 6.98. The molecule has 0 saturated heterocycles. The van der Waals surface area contributed by atoms with E-state index < -0.39 is 24.0 Å². The van der Waals surface area contributed by atoms with Crippen molar-refractivity contribution in [2.24, 2.45) is 5.73 Å². The van der Waals surface area contributed by atoms with Crippen LogP contribution in [0.4, 0.5) is 4.79 Å². The molecule has 0 aliphatic heterocycles. The molecule has 0 aliphatic rings. The number of carbonyl (C=O) groups is 3. The number of esters is 1. The van der Waals surface area contributed by atoms with Crippen LogP contribution in [0.3, 0.4) is 0 Å². The number of benzene rings is 2. The Morgan fingerprint density at radius 2 is 1.59 bits per heavy atom. The van der Waals surface area contributed by atoms with Crippen LogP contribution in [-0.2, 0) is 21.6 Å². The first-order valence-corrected chi connectivity index (χ1v) is 9.20. The van der Waals surface area contributed by atoms with Crippen LogP contribution in [-0.4, -0.2) is 24.0 Å². The maximum absolute atomic E-state index is 12.1. The smallest absolute Gasteiger partial charge is 0.338 e. The fourth-order valence-electron chi connectivity index (χ4n) is 2.46. The highest BCUT2D eigenvalue weighted by molar-refractivity contribution is 5.98. The molecular formula is C22H26N2O5. The van der Waals surface area contributed by atoms with Crippen molar-refractivity contribution >= 4 is 17.9 Å². The average molecular weight is 398 g/mol. The summed E-state index contributed by atoms with van der Waals surface area (Å²) in [5.74, 6) is -0.702. The van der Waals surface area contributed by atoms with Crippen LogP contribution >= 0.6 is 0 Å². The number of ether oxygens (including phenoxy) is 2.